The van der Waals surface area contributed by atoms with Crippen LogP contribution in [0.25, 0.3) is 0 Å². The number of hydrogen-bond donors (Lipinski definition) is 2. The summed E-state index contributed by atoms with van der Waals surface area (Å²) in [5.41, 5.74) is 2.58. The second-order valence-electron chi connectivity index (χ2n) is 4.98. The van der Waals surface area contributed by atoms with Crippen LogP contribution in [0, 0.1) is 6.92 Å². The second-order valence-corrected chi connectivity index (χ2v) is 4.98. The van der Waals surface area contributed by atoms with E-state index < -0.39 is 0 Å². The molecule has 1 fully saturated rings. The van der Waals surface area contributed by atoms with Gasteiger partial charge in [0, 0.05) is 12.1 Å². The van der Waals surface area contributed by atoms with E-state index in [1.807, 2.05) is 0 Å². The quantitative estimate of drug-likeness (QED) is 0.815. The van der Waals surface area contributed by atoms with Gasteiger partial charge in [-0.1, -0.05) is 42.7 Å². The number of aliphatic hydroxyl groups excluding tert-OH is 1. The summed E-state index contributed by atoms with van der Waals surface area (Å²) in [4.78, 5) is 0. The molecule has 1 saturated carbocycles. The van der Waals surface area contributed by atoms with E-state index in [9.17, 15) is 5.11 Å². The Morgan fingerprint density at radius 3 is 2.38 bits per heavy atom. The molecule has 2 heteroatoms. The molecule has 2 rings (SSSR count). The lowest BCUT2D eigenvalue weighted by Gasteiger charge is -2.28. The molecule has 0 heterocycles. The predicted molar refractivity (Wildman–Crippen MR) is 66.3 cm³/mol. The standard InChI is InChI=1S/C14H21NO/c1-12-4-6-13(7-5-12)10-15-14(11-16)8-2-3-9-14/h4-7,15-16H,2-3,8-11H2,1H3. The van der Waals surface area contributed by atoms with Crippen molar-refractivity contribution in [3.8, 4) is 0 Å². The number of hydrogen-bond acceptors (Lipinski definition) is 2. The molecular formula is C14H21NO. The van der Waals surface area contributed by atoms with Gasteiger partial charge in [-0.3, -0.25) is 0 Å². The monoisotopic (exact) mass is 219 g/mol. The molecule has 0 aliphatic heterocycles. The van der Waals surface area contributed by atoms with Crippen LogP contribution in [0.2, 0.25) is 0 Å². The molecule has 0 saturated heterocycles. The fourth-order valence-electron chi connectivity index (χ4n) is 2.44. The first-order valence-corrected chi connectivity index (χ1v) is 6.16. The predicted octanol–water partition coefficient (Wildman–Crippen LogP) is 2.39. The van der Waals surface area contributed by atoms with Gasteiger partial charge < -0.3 is 10.4 Å². The Kier molecular flexibility index (Phi) is 3.62. The van der Waals surface area contributed by atoms with Gasteiger partial charge >= 0.3 is 0 Å². The summed E-state index contributed by atoms with van der Waals surface area (Å²) in [5.74, 6) is 0. The average molecular weight is 219 g/mol. The van der Waals surface area contributed by atoms with Gasteiger partial charge in [-0.05, 0) is 25.3 Å². The van der Waals surface area contributed by atoms with Crippen LogP contribution in [0.1, 0.15) is 36.8 Å². The molecule has 2 nitrogen and oxygen atoms in total. The fraction of sp³-hybridized carbons (Fsp3) is 0.571. The van der Waals surface area contributed by atoms with E-state index >= 15 is 0 Å². The minimum atomic E-state index is -0.00904. The van der Waals surface area contributed by atoms with E-state index in [0.29, 0.717) is 0 Å². The van der Waals surface area contributed by atoms with Crippen molar-refractivity contribution < 1.29 is 5.11 Å². The number of nitrogens with one attached hydrogen (secondary N) is 1. The average Bonchev–Trinajstić information content (AvgIpc) is 2.78. The van der Waals surface area contributed by atoms with Crippen LogP contribution < -0.4 is 5.32 Å². The number of aryl methyl sites for hydroxylation is 1. The van der Waals surface area contributed by atoms with E-state index in [4.69, 9.17) is 0 Å². The van der Waals surface area contributed by atoms with Crippen LogP contribution in [0.3, 0.4) is 0 Å². The van der Waals surface area contributed by atoms with Gasteiger partial charge in [0.1, 0.15) is 0 Å². The molecule has 1 aliphatic rings. The Hall–Kier alpha value is -0.860. The highest BCUT2D eigenvalue weighted by Crippen LogP contribution is 2.29. The maximum Gasteiger partial charge on any atom is 0.0613 e. The van der Waals surface area contributed by atoms with Crippen LogP contribution in [-0.4, -0.2) is 17.3 Å². The van der Waals surface area contributed by atoms with Gasteiger partial charge in [-0.25, -0.2) is 0 Å². The maximum atomic E-state index is 9.48. The molecule has 0 unspecified atom stereocenters. The van der Waals surface area contributed by atoms with Gasteiger partial charge in [0.2, 0.25) is 0 Å². The van der Waals surface area contributed by atoms with Crippen molar-refractivity contribution in [3.05, 3.63) is 35.4 Å². The van der Waals surface area contributed by atoms with E-state index in [1.165, 1.54) is 24.0 Å². The Morgan fingerprint density at radius 2 is 1.81 bits per heavy atom. The summed E-state index contributed by atoms with van der Waals surface area (Å²) in [5, 5.41) is 13.0. The molecule has 0 bridgehead atoms. The topological polar surface area (TPSA) is 32.3 Å². The van der Waals surface area contributed by atoms with E-state index in [-0.39, 0.29) is 12.1 Å². The van der Waals surface area contributed by atoms with Crippen LogP contribution in [0.5, 0.6) is 0 Å². The maximum absolute atomic E-state index is 9.48. The molecule has 0 spiro atoms. The Balaban J connectivity index is 1.93. The molecule has 0 radical (unpaired) electrons. The van der Waals surface area contributed by atoms with Gasteiger partial charge in [-0.15, -0.1) is 0 Å². The molecule has 16 heavy (non-hydrogen) atoms. The zero-order valence-electron chi connectivity index (χ0n) is 10.00. The van der Waals surface area contributed by atoms with Crippen molar-refractivity contribution in [2.45, 2.75) is 44.7 Å². The van der Waals surface area contributed by atoms with Crippen molar-refractivity contribution in [2.75, 3.05) is 6.61 Å². The third-order valence-electron chi connectivity index (χ3n) is 3.65. The summed E-state index contributed by atoms with van der Waals surface area (Å²) in [6.45, 7) is 3.23. The van der Waals surface area contributed by atoms with E-state index in [2.05, 4.69) is 36.5 Å². The summed E-state index contributed by atoms with van der Waals surface area (Å²) < 4.78 is 0. The Morgan fingerprint density at radius 1 is 1.19 bits per heavy atom. The smallest absolute Gasteiger partial charge is 0.0613 e. The SMILES string of the molecule is Cc1ccc(CNC2(CO)CCCC2)cc1. The largest absolute Gasteiger partial charge is 0.394 e. The normalized spacial score (nSPS) is 18.9. The van der Waals surface area contributed by atoms with Gasteiger partial charge in [0.15, 0.2) is 0 Å². The molecular weight excluding hydrogens is 198 g/mol. The van der Waals surface area contributed by atoms with E-state index in [0.717, 1.165) is 19.4 Å². The summed E-state index contributed by atoms with van der Waals surface area (Å²) in [6, 6.07) is 8.58. The zero-order valence-corrected chi connectivity index (χ0v) is 10.00. The first kappa shape index (κ1) is 11.6. The molecule has 1 aliphatic carbocycles. The highest BCUT2D eigenvalue weighted by molar-refractivity contribution is 5.21. The zero-order chi connectivity index (χ0) is 11.4. The van der Waals surface area contributed by atoms with Crippen LogP contribution >= 0.6 is 0 Å². The van der Waals surface area contributed by atoms with Gasteiger partial charge in [0.05, 0.1) is 6.61 Å². The van der Waals surface area contributed by atoms with Crippen molar-refractivity contribution in [1.82, 2.24) is 5.32 Å². The third kappa shape index (κ3) is 2.63. The van der Waals surface area contributed by atoms with Gasteiger partial charge in [-0.2, -0.15) is 0 Å². The fourth-order valence-corrected chi connectivity index (χ4v) is 2.44. The minimum absolute atomic E-state index is 0.00904. The lowest BCUT2D eigenvalue weighted by molar-refractivity contribution is 0.163. The summed E-state index contributed by atoms with van der Waals surface area (Å²) >= 11 is 0. The molecule has 1 aromatic carbocycles. The lowest BCUT2D eigenvalue weighted by atomic mass is 9.98. The summed E-state index contributed by atoms with van der Waals surface area (Å²) in [6.07, 6.45) is 4.69. The second kappa shape index (κ2) is 4.98. The highest BCUT2D eigenvalue weighted by atomic mass is 16.3. The first-order valence-electron chi connectivity index (χ1n) is 6.16. The van der Waals surface area contributed by atoms with Crippen molar-refractivity contribution in [3.63, 3.8) is 0 Å². The van der Waals surface area contributed by atoms with Crippen LogP contribution in [0.15, 0.2) is 24.3 Å². The third-order valence-corrected chi connectivity index (χ3v) is 3.65. The molecule has 0 amide bonds. The molecule has 0 atom stereocenters. The van der Waals surface area contributed by atoms with Crippen molar-refractivity contribution in [2.24, 2.45) is 0 Å². The number of benzene rings is 1. The molecule has 0 aromatic heterocycles. The minimum Gasteiger partial charge on any atom is -0.394 e. The number of aliphatic hydroxyl groups is 1. The van der Waals surface area contributed by atoms with Crippen molar-refractivity contribution >= 4 is 0 Å². The number of rotatable bonds is 4. The van der Waals surface area contributed by atoms with Crippen molar-refractivity contribution in [1.29, 1.82) is 0 Å². The van der Waals surface area contributed by atoms with E-state index in [1.54, 1.807) is 0 Å². The van der Waals surface area contributed by atoms with Gasteiger partial charge in [0.25, 0.3) is 0 Å². The Bertz CT molecular complexity index is 325. The Labute approximate surface area is 97.7 Å². The first-order chi connectivity index (χ1) is 7.74. The molecule has 2 N–H and O–H groups in total. The van der Waals surface area contributed by atoms with Crippen LogP contribution in [0.4, 0.5) is 0 Å². The molecule has 1 aromatic rings. The highest BCUT2D eigenvalue weighted by Gasteiger charge is 2.32. The molecule has 88 valence electrons. The van der Waals surface area contributed by atoms with Crippen LogP contribution in [-0.2, 0) is 6.54 Å². The summed E-state index contributed by atoms with van der Waals surface area (Å²) in [7, 11) is 0. The lowest BCUT2D eigenvalue weighted by Crippen LogP contribution is -2.45.